The van der Waals surface area contributed by atoms with Crippen LogP contribution in [0.25, 0.3) is 22.3 Å². The zero-order valence-electron chi connectivity index (χ0n) is 57.9. The monoisotopic (exact) mass is 1170 g/mol. The molecule has 0 amide bonds. The molecule has 2 atom stereocenters. The molecular formula is C85H100BN3. The van der Waals surface area contributed by atoms with Gasteiger partial charge in [0, 0.05) is 50.8 Å². The maximum atomic E-state index is 2.89. The van der Waals surface area contributed by atoms with Gasteiger partial charge in [-0.1, -0.05) is 228 Å². The van der Waals surface area contributed by atoms with Crippen molar-refractivity contribution in [3.63, 3.8) is 0 Å². The maximum Gasteiger partial charge on any atom is 0.252 e. The molecule has 0 radical (unpaired) electrons. The summed E-state index contributed by atoms with van der Waals surface area (Å²) in [5.74, 6) is 0. The first-order valence-electron chi connectivity index (χ1n) is 34.2. The molecule has 3 nitrogen and oxygen atoms in total. The zero-order valence-corrected chi connectivity index (χ0v) is 57.9. The van der Waals surface area contributed by atoms with Gasteiger partial charge >= 0.3 is 0 Å². The standard InChI is InChI=1S/C85H100BN3/c1-53-44-62-64(82(15,16)42-40-80(62,11)12)51-71(53)88-72-47-59(79(8,9)10)33-35-67(72)86-68-50-63-65(83(17,18)43-41-81(63,13)14)52-73(68)87(69-37-34-58(78(5,6)7)46-61(69)55-26-22-21-23-27-55)74-48-60(49-75(88)76(74)86)89-70-36-30-56(54-28-31-57(32-29-54)77(2,3)4)45-66(70)84(19)38-24-25-39-85(84,89)20/h21-23,26-37,44-52H,24-25,38-43H2,1-20H3. The Hall–Kier alpha value is -6.78. The minimum absolute atomic E-state index is 0.00264. The Balaban J connectivity index is 1.14. The molecule has 1 fully saturated rings. The highest BCUT2D eigenvalue weighted by atomic mass is 15.3. The van der Waals surface area contributed by atoms with Crippen LogP contribution < -0.4 is 31.1 Å². The summed E-state index contributed by atoms with van der Waals surface area (Å²) in [6, 6.07) is 59.6. The van der Waals surface area contributed by atoms with Gasteiger partial charge in [0.05, 0.1) is 11.2 Å². The Bertz CT molecular complexity index is 4210. The Labute approximate surface area is 536 Å². The summed E-state index contributed by atoms with van der Waals surface area (Å²) < 4.78 is 0. The van der Waals surface area contributed by atoms with Crippen molar-refractivity contribution in [2.24, 2.45) is 0 Å². The van der Waals surface area contributed by atoms with Gasteiger partial charge in [0.25, 0.3) is 6.71 Å². The molecule has 4 heteroatoms. The molecule has 14 rings (SSSR count). The molecule has 3 aliphatic carbocycles. The topological polar surface area (TPSA) is 9.72 Å². The second kappa shape index (κ2) is 19.6. The molecule has 89 heavy (non-hydrogen) atoms. The number of hydrogen-bond donors (Lipinski definition) is 0. The number of rotatable bonds is 5. The third-order valence-corrected chi connectivity index (χ3v) is 23.9. The van der Waals surface area contributed by atoms with Gasteiger partial charge in [0.1, 0.15) is 0 Å². The van der Waals surface area contributed by atoms with Gasteiger partial charge in [-0.05, 0) is 228 Å². The van der Waals surface area contributed by atoms with Gasteiger partial charge in [-0.25, -0.2) is 0 Å². The van der Waals surface area contributed by atoms with Crippen LogP contribution in [0.15, 0.2) is 146 Å². The van der Waals surface area contributed by atoms with E-state index in [1.165, 1.54) is 153 Å². The molecule has 3 aliphatic heterocycles. The molecule has 458 valence electrons. The third kappa shape index (κ3) is 9.14. The molecule has 8 aromatic rings. The van der Waals surface area contributed by atoms with Crippen LogP contribution in [-0.4, -0.2) is 12.3 Å². The minimum atomic E-state index is -0.216. The van der Waals surface area contributed by atoms with Crippen LogP contribution in [0.5, 0.6) is 0 Å². The lowest BCUT2D eigenvalue weighted by molar-refractivity contribution is 0.195. The molecule has 0 aromatic heterocycles. The fourth-order valence-corrected chi connectivity index (χ4v) is 17.6. The molecule has 1 saturated carbocycles. The first-order chi connectivity index (χ1) is 41.6. The summed E-state index contributed by atoms with van der Waals surface area (Å²) in [4.78, 5) is 8.48. The summed E-state index contributed by atoms with van der Waals surface area (Å²) in [6.45, 7) is 49.0. The predicted octanol–water partition coefficient (Wildman–Crippen LogP) is 21.7. The number of hydrogen-bond acceptors (Lipinski definition) is 3. The second-order valence-electron chi connectivity index (χ2n) is 34.8. The van der Waals surface area contributed by atoms with Crippen molar-refractivity contribution >= 4 is 68.6 Å². The number of anilines is 8. The molecule has 2 unspecified atom stereocenters. The van der Waals surface area contributed by atoms with Crippen molar-refractivity contribution in [1.82, 2.24) is 0 Å². The smallest absolute Gasteiger partial charge is 0.252 e. The van der Waals surface area contributed by atoms with E-state index < -0.39 is 0 Å². The Kier molecular flexibility index (Phi) is 13.2. The predicted molar refractivity (Wildman–Crippen MR) is 386 cm³/mol. The van der Waals surface area contributed by atoms with Crippen molar-refractivity contribution in [3.05, 3.63) is 196 Å². The van der Waals surface area contributed by atoms with Crippen molar-refractivity contribution < 1.29 is 0 Å². The average Bonchev–Trinajstić information content (AvgIpc) is 1.67. The highest BCUT2D eigenvalue weighted by Gasteiger charge is 2.59. The van der Waals surface area contributed by atoms with Crippen molar-refractivity contribution in [2.45, 2.75) is 239 Å². The highest BCUT2D eigenvalue weighted by Crippen LogP contribution is 2.63. The molecule has 8 aromatic carbocycles. The SMILES string of the molecule is Cc1cc2c(cc1N1c3cc(C(C)(C)C)ccc3B3c4cc5c(cc4N(c4ccc(C(C)(C)C)cc4-c4ccccc4)c4cc(N6c7ccc(-c8ccc(C(C)(C)C)cc8)cc7C7(C)CCCCC67C)cc1c43)C(C)(C)CCC5(C)C)C(C)(C)CCC2(C)C. The van der Waals surface area contributed by atoms with Crippen LogP contribution >= 0.6 is 0 Å². The van der Waals surface area contributed by atoms with Crippen LogP contribution in [0.3, 0.4) is 0 Å². The van der Waals surface area contributed by atoms with Gasteiger partial charge in [0.2, 0.25) is 0 Å². The largest absolute Gasteiger partial charge is 0.334 e. The van der Waals surface area contributed by atoms with Crippen molar-refractivity contribution in [3.8, 4) is 22.3 Å². The first-order valence-corrected chi connectivity index (χ1v) is 34.2. The zero-order chi connectivity index (χ0) is 63.3. The van der Waals surface area contributed by atoms with Gasteiger partial charge in [-0.3, -0.25) is 0 Å². The second-order valence-corrected chi connectivity index (χ2v) is 34.8. The van der Waals surface area contributed by atoms with E-state index in [2.05, 4.69) is 299 Å². The summed E-state index contributed by atoms with van der Waals surface area (Å²) in [6.07, 6.45) is 9.31. The fourth-order valence-electron chi connectivity index (χ4n) is 17.6. The van der Waals surface area contributed by atoms with Crippen molar-refractivity contribution in [1.29, 1.82) is 0 Å². The Morgan fingerprint density at radius 1 is 0.360 bits per heavy atom. The van der Waals surface area contributed by atoms with Crippen LogP contribution in [0.1, 0.15) is 233 Å². The summed E-state index contributed by atoms with van der Waals surface area (Å²) in [7, 11) is 0. The maximum absolute atomic E-state index is 2.89. The molecule has 0 bridgehead atoms. The van der Waals surface area contributed by atoms with Crippen LogP contribution in [0.2, 0.25) is 0 Å². The van der Waals surface area contributed by atoms with Crippen LogP contribution in [0.4, 0.5) is 45.5 Å². The summed E-state index contributed by atoms with van der Waals surface area (Å²) in [5.41, 5.74) is 32.2. The third-order valence-electron chi connectivity index (χ3n) is 23.9. The minimum Gasteiger partial charge on any atom is -0.334 e. The molecule has 6 aliphatic rings. The lowest BCUT2D eigenvalue weighted by Gasteiger charge is -2.51. The first kappa shape index (κ1) is 59.8. The van der Waals surface area contributed by atoms with E-state index in [1.807, 2.05) is 0 Å². The van der Waals surface area contributed by atoms with E-state index >= 15 is 0 Å². The van der Waals surface area contributed by atoms with Crippen LogP contribution in [0, 0.1) is 6.92 Å². The highest BCUT2D eigenvalue weighted by molar-refractivity contribution is 7.00. The number of benzene rings is 8. The Morgan fingerprint density at radius 2 is 0.843 bits per heavy atom. The fraction of sp³-hybridized carbons (Fsp3) is 0.435. The lowest BCUT2D eigenvalue weighted by atomic mass is 9.33. The number of nitrogens with zero attached hydrogens (tertiary/aromatic N) is 3. The molecule has 0 spiro atoms. The van der Waals surface area contributed by atoms with E-state index in [9.17, 15) is 0 Å². The van der Waals surface area contributed by atoms with Gasteiger partial charge in [0.15, 0.2) is 0 Å². The van der Waals surface area contributed by atoms with E-state index in [0.717, 1.165) is 32.1 Å². The van der Waals surface area contributed by atoms with E-state index in [-0.39, 0.29) is 55.6 Å². The molecule has 0 N–H and O–H groups in total. The normalized spacial score (nSPS) is 21.7. The quantitative estimate of drug-likeness (QED) is 0.159. The van der Waals surface area contributed by atoms with Gasteiger partial charge in [-0.2, -0.15) is 0 Å². The summed E-state index contributed by atoms with van der Waals surface area (Å²) in [5, 5.41) is 0. The number of aryl methyl sites for hydroxylation is 1. The van der Waals surface area contributed by atoms with Crippen molar-refractivity contribution in [2.75, 3.05) is 14.7 Å². The lowest BCUT2D eigenvalue weighted by Crippen LogP contribution is -2.62. The number of fused-ring (bicyclic) bond motifs is 9. The average molecular weight is 1170 g/mol. The molecule has 0 saturated heterocycles. The molecule has 3 heterocycles. The van der Waals surface area contributed by atoms with Gasteiger partial charge < -0.3 is 14.7 Å². The molecular weight excluding hydrogens is 1070 g/mol. The van der Waals surface area contributed by atoms with Crippen LogP contribution in [-0.2, 0) is 43.3 Å². The van der Waals surface area contributed by atoms with E-state index in [1.54, 1.807) is 0 Å². The Morgan fingerprint density at radius 3 is 1.44 bits per heavy atom. The van der Waals surface area contributed by atoms with Gasteiger partial charge in [-0.15, -0.1) is 0 Å². The summed E-state index contributed by atoms with van der Waals surface area (Å²) >= 11 is 0. The van der Waals surface area contributed by atoms with E-state index in [0.29, 0.717) is 0 Å². The van der Waals surface area contributed by atoms with E-state index in [4.69, 9.17) is 0 Å².